The first kappa shape index (κ1) is 4.47. The summed E-state index contributed by atoms with van der Waals surface area (Å²) in [4.78, 5) is 0. The fraction of sp³-hybridized carbons (Fsp3) is 0.333. The number of rotatable bonds is 0. The average molecular weight is 72.1 g/mol. The molecule has 1 N–H and O–H groups in total. The van der Waals surface area contributed by atoms with Crippen LogP contribution in [0.15, 0.2) is 5.16 Å². The predicted molar refractivity (Wildman–Crippen MR) is 20.3 cm³/mol. The Hall–Kier alpha value is -0.530. The molecular formula is C3H6NO. The number of nitrogens with zero attached hydrogens (tertiary/aromatic N) is 1. The highest BCUT2D eigenvalue weighted by Crippen LogP contribution is 1.61. The molecule has 2 heteroatoms. The molecular weight excluding hydrogens is 66.0 g/mol. The van der Waals surface area contributed by atoms with E-state index < -0.39 is 0 Å². The summed E-state index contributed by atoms with van der Waals surface area (Å²) in [5.74, 6) is 0. The first-order valence-corrected chi connectivity index (χ1v) is 1.28. The Balaban J connectivity index is 3.14. The van der Waals surface area contributed by atoms with Crippen LogP contribution < -0.4 is 0 Å². The van der Waals surface area contributed by atoms with E-state index in [0.29, 0.717) is 5.71 Å². The van der Waals surface area contributed by atoms with Gasteiger partial charge < -0.3 is 5.21 Å². The number of oxime groups is 1. The molecule has 0 spiro atoms. The minimum atomic E-state index is 0.435. The monoisotopic (exact) mass is 72.0 g/mol. The minimum absolute atomic E-state index is 0.435. The highest BCUT2D eigenvalue weighted by Gasteiger charge is 1.65. The summed E-state index contributed by atoms with van der Waals surface area (Å²) >= 11 is 0. The van der Waals surface area contributed by atoms with E-state index in [1.54, 1.807) is 6.92 Å². The van der Waals surface area contributed by atoms with Gasteiger partial charge in [-0.05, 0) is 13.8 Å². The van der Waals surface area contributed by atoms with Crippen LogP contribution in [0.1, 0.15) is 6.92 Å². The SMILES string of the molecule is [CH2]C(C)=NO. The van der Waals surface area contributed by atoms with Crippen molar-refractivity contribution in [1.82, 2.24) is 0 Å². The van der Waals surface area contributed by atoms with Crippen molar-refractivity contribution in [1.29, 1.82) is 0 Å². The molecule has 0 unspecified atom stereocenters. The first-order chi connectivity index (χ1) is 2.27. The van der Waals surface area contributed by atoms with Crippen molar-refractivity contribution < 1.29 is 5.21 Å². The average Bonchev–Trinajstić information content (AvgIpc) is 1.38. The molecule has 0 aromatic heterocycles. The Morgan fingerprint density at radius 1 is 2.00 bits per heavy atom. The van der Waals surface area contributed by atoms with Gasteiger partial charge in [0.1, 0.15) is 0 Å². The molecule has 0 bridgehead atoms. The second-order valence-corrected chi connectivity index (χ2v) is 0.835. The van der Waals surface area contributed by atoms with E-state index >= 15 is 0 Å². The van der Waals surface area contributed by atoms with Crippen molar-refractivity contribution in [3.63, 3.8) is 0 Å². The van der Waals surface area contributed by atoms with Crippen molar-refractivity contribution in [3.8, 4) is 0 Å². The standard InChI is InChI=1S/C3H6NO/c1-3(2)4-5/h5H,1H2,2H3. The maximum absolute atomic E-state index is 7.67. The third-order valence-electron chi connectivity index (χ3n) is 0.171. The van der Waals surface area contributed by atoms with E-state index in [1.807, 2.05) is 0 Å². The van der Waals surface area contributed by atoms with Crippen LogP contribution in [0, 0.1) is 6.92 Å². The Morgan fingerprint density at radius 2 is 2.20 bits per heavy atom. The van der Waals surface area contributed by atoms with Crippen molar-refractivity contribution in [3.05, 3.63) is 6.92 Å². The van der Waals surface area contributed by atoms with Gasteiger partial charge in [0.25, 0.3) is 0 Å². The van der Waals surface area contributed by atoms with Gasteiger partial charge in [-0.15, -0.1) is 0 Å². The Labute approximate surface area is 31.1 Å². The van der Waals surface area contributed by atoms with Crippen LogP contribution >= 0.6 is 0 Å². The van der Waals surface area contributed by atoms with Crippen molar-refractivity contribution in [2.24, 2.45) is 5.16 Å². The molecule has 0 aliphatic rings. The maximum Gasteiger partial charge on any atom is 0.0543 e. The van der Waals surface area contributed by atoms with Gasteiger partial charge in [-0.2, -0.15) is 0 Å². The molecule has 0 aromatic rings. The third-order valence-corrected chi connectivity index (χ3v) is 0.171. The van der Waals surface area contributed by atoms with Crippen LogP contribution in [0.25, 0.3) is 0 Å². The highest BCUT2D eigenvalue weighted by atomic mass is 16.4. The Kier molecular flexibility index (Phi) is 1.57. The van der Waals surface area contributed by atoms with Gasteiger partial charge in [-0.25, -0.2) is 0 Å². The topological polar surface area (TPSA) is 32.6 Å². The molecule has 29 valence electrons. The smallest absolute Gasteiger partial charge is 0.0543 e. The van der Waals surface area contributed by atoms with Crippen LogP contribution in [-0.2, 0) is 0 Å². The van der Waals surface area contributed by atoms with E-state index in [1.165, 1.54) is 0 Å². The van der Waals surface area contributed by atoms with E-state index in [2.05, 4.69) is 12.1 Å². The normalized spacial score (nSPS) is 12.0. The second-order valence-electron chi connectivity index (χ2n) is 0.835. The van der Waals surface area contributed by atoms with Crippen LogP contribution in [0.4, 0.5) is 0 Å². The molecule has 0 heterocycles. The molecule has 0 saturated heterocycles. The summed E-state index contributed by atoms with van der Waals surface area (Å²) in [6.07, 6.45) is 0. The second kappa shape index (κ2) is 1.76. The van der Waals surface area contributed by atoms with Gasteiger partial charge in [0, 0.05) is 0 Å². The van der Waals surface area contributed by atoms with Crippen LogP contribution in [0.5, 0.6) is 0 Å². The van der Waals surface area contributed by atoms with E-state index in [4.69, 9.17) is 5.21 Å². The van der Waals surface area contributed by atoms with Gasteiger partial charge in [-0.1, -0.05) is 5.16 Å². The summed E-state index contributed by atoms with van der Waals surface area (Å²) in [6, 6.07) is 0. The van der Waals surface area contributed by atoms with Gasteiger partial charge in [0.2, 0.25) is 0 Å². The molecule has 0 fully saturated rings. The van der Waals surface area contributed by atoms with Crippen LogP contribution in [0.3, 0.4) is 0 Å². The van der Waals surface area contributed by atoms with Gasteiger partial charge in [0.05, 0.1) is 5.71 Å². The lowest BCUT2D eigenvalue weighted by Gasteiger charge is -1.71. The summed E-state index contributed by atoms with van der Waals surface area (Å²) in [7, 11) is 0. The van der Waals surface area contributed by atoms with E-state index in [9.17, 15) is 0 Å². The van der Waals surface area contributed by atoms with Crippen molar-refractivity contribution >= 4 is 5.71 Å². The van der Waals surface area contributed by atoms with Crippen LogP contribution in [0.2, 0.25) is 0 Å². The number of hydrogen-bond acceptors (Lipinski definition) is 2. The van der Waals surface area contributed by atoms with Gasteiger partial charge in [-0.3, -0.25) is 0 Å². The predicted octanol–water partition coefficient (Wildman–Crippen LogP) is 0.671. The molecule has 0 aliphatic carbocycles. The third kappa shape index (κ3) is 3.47. The molecule has 0 amide bonds. The summed E-state index contributed by atoms with van der Waals surface area (Å²) in [5.41, 5.74) is 0.435. The molecule has 0 aromatic carbocycles. The largest absolute Gasteiger partial charge is 0.411 e. The molecule has 0 rings (SSSR count). The summed E-state index contributed by atoms with van der Waals surface area (Å²) in [6.45, 7) is 4.87. The zero-order chi connectivity index (χ0) is 4.28. The fourth-order valence-corrected chi connectivity index (χ4v) is 0. The minimum Gasteiger partial charge on any atom is -0.411 e. The van der Waals surface area contributed by atoms with Crippen LogP contribution in [-0.4, -0.2) is 10.9 Å². The van der Waals surface area contributed by atoms with Gasteiger partial charge >= 0.3 is 0 Å². The van der Waals surface area contributed by atoms with Gasteiger partial charge in [0.15, 0.2) is 0 Å². The molecule has 2 nitrogen and oxygen atoms in total. The lowest BCUT2D eigenvalue weighted by atomic mass is 10.5. The number of hydrogen-bond donors (Lipinski definition) is 1. The fourth-order valence-electron chi connectivity index (χ4n) is 0. The summed E-state index contributed by atoms with van der Waals surface area (Å²) in [5, 5.41) is 10.4. The molecule has 0 saturated carbocycles. The van der Waals surface area contributed by atoms with Crippen molar-refractivity contribution in [2.45, 2.75) is 6.92 Å². The molecule has 5 heavy (non-hydrogen) atoms. The quantitative estimate of drug-likeness (QED) is 0.254. The Bertz CT molecular complexity index is 44.9. The van der Waals surface area contributed by atoms with Crippen molar-refractivity contribution in [2.75, 3.05) is 0 Å². The Morgan fingerprint density at radius 3 is 2.20 bits per heavy atom. The highest BCUT2D eigenvalue weighted by molar-refractivity contribution is 5.85. The zero-order valence-electron chi connectivity index (χ0n) is 3.10. The maximum atomic E-state index is 7.67. The first-order valence-electron chi connectivity index (χ1n) is 1.28. The summed E-state index contributed by atoms with van der Waals surface area (Å²) < 4.78 is 0. The molecule has 0 atom stereocenters. The lowest BCUT2D eigenvalue weighted by Crippen LogP contribution is -1.75. The van der Waals surface area contributed by atoms with E-state index in [-0.39, 0.29) is 0 Å². The molecule has 1 radical (unpaired) electrons. The molecule has 0 aliphatic heterocycles. The lowest BCUT2D eigenvalue weighted by molar-refractivity contribution is 0.319. The van der Waals surface area contributed by atoms with E-state index in [0.717, 1.165) is 0 Å². The zero-order valence-corrected chi connectivity index (χ0v) is 3.10.